The Hall–Kier alpha value is -2.80. The largest absolute Gasteiger partial charge is 0.406 e. The topological polar surface area (TPSA) is 86.2 Å². The second kappa shape index (κ2) is 16.9. The van der Waals surface area contributed by atoms with E-state index in [1.807, 2.05) is 17.8 Å². The molecule has 3 aliphatic rings. The number of rotatable bonds is 9. The standard InChI is InChI=1S/C15H16F3N5.C10H18N2S.C6H13N/c1-20-6-9-7-21-14(22-9)13-5-10-11(19)3-2-4-12(10)23(13)8-15(16,17)18;1-4-6-7-12(3)10-11-9(5-2)8-13-10;1-7-5-3-2-4-6-7/h2-5,20H,6-8,19H2,1H3;5,8,10-11H,2,4,6-7H2,1,3H3;2-6H2,1H3. The molecule has 8 nitrogen and oxygen atoms in total. The third-order valence-electron chi connectivity index (χ3n) is 7.28. The first kappa shape index (κ1) is 34.7. The molecule has 0 spiro atoms. The summed E-state index contributed by atoms with van der Waals surface area (Å²) in [5.74, 6) is 0.315. The molecule has 1 atom stereocenters. The van der Waals surface area contributed by atoms with Crippen molar-refractivity contribution >= 4 is 39.9 Å². The molecule has 3 aliphatic heterocycles. The van der Waals surface area contributed by atoms with E-state index in [1.165, 1.54) is 49.8 Å². The zero-order chi connectivity index (χ0) is 31.4. The second-order valence-corrected chi connectivity index (χ2v) is 11.9. The molecule has 238 valence electrons. The van der Waals surface area contributed by atoms with Gasteiger partial charge in [-0.15, -0.1) is 0 Å². The van der Waals surface area contributed by atoms with Crippen LogP contribution >= 0.6 is 11.8 Å². The molecule has 1 aromatic heterocycles. The number of piperidine rings is 1. The number of nitrogens with two attached hydrogens (primary N) is 1. The average Bonchev–Trinajstić information content (AvgIpc) is 3.72. The van der Waals surface area contributed by atoms with Gasteiger partial charge in [0.25, 0.3) is 0 Å². The first-order valence-electron chi connectivity index (χ1n) is 14.9. The molecule has 1 saturated heterocycles. The molecule has 2 aromatic rings. The van der Waals surface area contributed by atoms with Gasteiger partial charge in [0.2, 0.25) is 0 Å². The summed E-state index contributed by atoms with van der Waals surface area (Å²) >= 11 is 1.82. The SMILES string of the molecule is C=CC1=CSC(N(C)CCCC)N1.CN1CCCCC1.CNCC1=NC(c2cc3c(N)cccc3n2CC(F)(F)F)=NC1. The highest BCUT2D eigenvalue weighted by Crippen LogP contribution is 2.30. The van der Waals surface area contributed by atoms with E-state index in [2.05, 4.69) is 63.4 Å². The summed E-state index contributed by atoms with van der Waals surface area (Å²) < 4.78 is 40.1. The van der Waals surface area contributed by atoms with Crippen LogP contribution in [0.25, 0.3) is 10.9 Å². The van der Waals surface area contributed by atoms with Gasteiger partial charge in [-0.3, -0.25) is 9.89 Å². The summed E-state index contributed by atoms with van der Waals surface area (Å²) in [7, 11) is 6.13. The molecule has 5 rings (SSSR count). The van der Waals surface area contributed by atoms with Crippen LogP contribution in [-0.4, -0.2) is 91.5 Å². The molecule has 4 heterocycles. The summed E-state index contributed by atoms with van der Waals surface area (Å²) in [6.45, 7) is 9.58. The number of anilines is 1. The Labute approximate surface area is 258 Å². The first-order valence-corrected chi connectivity index (χ1v) is 15.8. The fourth-order valence-electron chi connectivity index (χ4n) is 4.91. The maximum absolute atomic E-state index is 13.0. The number of benzene rings is 1. The number of hydrogen-bond donors (Lipinski definition) is 3. The van der Waals surface area contributed by atoms with Crippen LogP contribution < -0.4 is 16.4 Å². The number of aromatic nitrogens is 1. The van der Waals surface area contributed by atoms with E-state index >= 15 is 0 Å². The monoisotopic (exact) mass is 620 g/mol. The van der Waals surface area contributed by atoms with Gasteiger partial charge in [0.05, 0.1) is 23.5 Å². The molecule has 1 unspecified atom stereocenters. The third kappa shape index (κ3) is 10.7. The number of fused-ring (bicyclic) bond motifs is 1. The Morgan fingerprint density at radius 2 is 2.00 bits per heavy atom. The summed E-state index contributed by atoms with van der Waals surface area (Å²) in [6, 6.07) is 6.55. The van der Waals surface area contributed by atoms with Crippen LogP contribution in [0.4, 0.5) is 18.9 Å². The Balaban J connectivity index is 0.000000211. The van der Waals surface area contributed by atoms with Crippen molar-refractivity contribution in [3.05, 3.63) is 53.7 Å². The molecule has 12 heteroatoms. The Morgan fingerprint density at radius 1 is 1.26 bits per heavy atom. The van der Waals surface area contributed by atoms with Crippen molar-refractivity contribution in [1.82, 2.24) is 25.0 Å². The molecular weight excluding hydrogens is 573 g/mol. The predicted octanol–water partition coefficient (Wildman–Crippen LogP) is 5.67. The van der Waals surface area contributed by atoms with Crippen molar-refractivity contribution in [3.8, 4) is 0 Å². The van der Waals surface area contributed by atoms with Gasteiger partial charge in [-0.1, -0.05) is 44.2 Å². The quantitative estimate of drug-likeness (QED) is 0.313. The molecule has 0 bridgehead atoms. The van der Waals surface area contributed by atoms with E-state index < -0.39 is 12.7 Å². The van der Waals surface area contributed by atoms with Crippen molar-refractivity contribution in [2.45, 2.75) is 57.2 Å². The minimum absolute atomic E-state index is 0.315. The minimum atomic E-state index is -4.35. The van der Waals surface area contributed by atoms with Crippen LogP contribution in [0.15, 0.2) is 58.0 Å². The Bertz CT molecular complexity index is 1280. The maximum Gasteiger partial charge on any atom is 0.406 e. The van der Waals surface area contributed by atoms with Crippen LogP contribution in [0, 0.1) is 0 Å². The van der Waals surface area contributed by atoms with E-state index in [-0.39, 0.29) is 0 Å². The Morgan fingerprint density at radius 3 is 2.58 bits per heavy atom. The number of alkyl halides is 3. The molecule has 43 heavy (non-hydrogen) atoms. The number of nitrogens with zero attached hydrogens (tertiary/aromatic N) is 5. The third-order valence-corrected chi connectivity index (χ3v) is 8.41. The van der Waals surface area contributed by atoms with Crippen LogP contribution in [0.1, 0.15) is 44.7 Å². The number of allylic oxidation sites excluding steroid dienone is 1. The minimum Gasteiger partial charge on any atom is -0.398 e. The van der Waals surface area contributed by atoms with Gasteiger partial charge in [0, 0.05) is 29.9 Å². The van der Waals surface area contributed by atoms with Crippen molar-refractivity contribution in [2.24, 2.45) is 9.98 Å². The zero-order valence-electron chi connectivity index (χ0n) is 25.9. The first-order chi connectivity index (χ1) is 20.6. The van der Waals surface area contributed by atoms with Crippen LogP contribution in [0.3, 0.4) is 0 Å². The number of aliphatic imine (C=N–C) groups is 2. The number of thioether (sulfide) groups is 1. The highest BCUT2D eigenvalue weighted by atomic mass is 32.2. The highest BCUT2D eigenvalue weighted by molar-refractivity contribution is 8.02. The van der Waals surface area contributed by atoms with Gasteiger partial charge < -0.3 is 25.8 Å². The molecule has 0 aliphatic carbocycles. The van der Waals surface area contributed by atoms with Gasteiger partial charge in [-0.25, -0.2) is 4.99 Å². The van der Waals surface area contributed by atoms with Crippen molar-refractivity contribution < 1.29 is 13.2 Å². The summed E-state index contributed by atoms with van der Waals surface area (Å²) in [6.07, 6.45) is 4.31. The van der Waals surface area contributed by atoms with E-state index in [1.54, 1.807) is 31.3 Å². The number of halogens is 3. The number of amidine groups is 1. The molecular formula is C31H47F3N8S. The lowest BCUT2D eigenvalue weighted by Crippen LogP contribution is -2.37. The van der Waals surface area contributed by atoms with Gasteiger partial charge in [0.15, 0.2) is 5.84 Å². The maximum atomic E-state index is 13.0. The molecule has 4 N–H and O–H groups in total. The van der Waals surface area contributed by atoms with E-state index in [4.69, 9.17) is 5.73 Å². The molecule has 1 fully saturated rings. The molecule has 0 amide bonds. The summed E-state index contributed by atoms with van der Waals surface area (Å²) in [5.41, 5.74) is 9.42. The number of nitrogen functional groups attached to an aromatic ring is 1. The van der Waals surface area contributed by atoms with E-state index in [0.29, 0.717) is 46.7 Å². The number of unbranched alkanes of at least 4 members (excludes halogenated alkanes) is 1. The lowest BCUT2D eigenvalue weighted by Gasteiger charge is -2.24. The number of likely N-dealkylation sites (tertiary alicyclic amines) is 1. The molecule has 0 saturated carbocycles. The van der Waals surface area contributed by atoms with Gasteiger partial charge >= 0.3 is 6.18 Å². The van der Waals surface area contributed by atoms with E-state index in [9.17, 15) is 13.2 Å². The summed E-state index contributed by atoms with van der Waals surface area (Å²) in [5, 5.41) is 9.04. The van der Waals surface area contributed by atoms with Gasteiger partial charge in [0.1, 0.15) is 12.0 Å². The fraction of sp³-hybridized carbons (Fsp3) is 0.548. The second-order valence-electron chi connectivity index (χ2n) is 11.0. The van der Waals surface area contributed by atoms with Crippen LogP contribution in [0.5, 0.6) is 0 Å². The molecule has 0 radical (unpaired) electrons. The van der Waals surface area contributed by atoms with Crippen LogP contribution in [0.2, 0.25) is 0 Å². The number of hydrogen-bond acceptors (Lipinski definition) is 8. The highest BCUT2D eigenvalue weighted by Gasteiger charge is 2.31. The Kier molecular flexibility index (Phi) is 13.6. The average molecular weight is 621 g/mol. The van der Waals surface area contributed by atoms with Crippen molar-refractivity contribution in [1.29, 1.82) is 0 Å². The predicted molar refractivity (Wildman–Crippen MR) is 177 cm³/mol. The fourth-order valence-corrected chi connectivity index (χ4v) is 5.87. The molecule has 1 aromatic carbocycles. The van der Waals surface area contributed by atoms with Gasteiger partial charge in [-0.05, 0) is 83.2 Å². The van der Waals surface area contributed by atoms with Crippen molar-refractivity contribution in [2.75, 3.05) is 59.6 Å². The number of nitrogens with one attached hydrogen (secondary N) is 2. The lowest BCUT2D eigenvalue weighted by molar-refractivity contribution is -0.139. The lowest BCUT2D eigenvalue weighted by atomic mass is 10.1. The zero-order valence-corrected chi connectivity index (χ0v) is 26.7. The summed E-state index contributed by atoms with van der Waals surface area (Å²) in [4.78, 5) is 13.3. The van der Waals surface area contributed by atoms with Gasteiger partial charge in [-0.2, -0.15) is 13.2 Å². The smallest absolute Gasteiger partial charge is 0.398 e. The van der Waals surface area contributed by atoms with Crippen LogP contribution in [-0.2, 0) is 6.54 Å². The van der Waals surface area contributed by atoms with E-state index in [0.717, 1.165) is 18.0 Å². The van der Waals surface area contributed by atoms with Crippen molar-refractivity contribution in [3.63, 3.8) is 0 Å². The normalized spacial score (nSPS) is 18.7.